The second-order valence-electron chi connectivity index (χ2n) is 8.11. The molecule has 1 fully saturated rings. The maximum absolute atomic E-state index is 6.41. The fourth-order valence-electron chi connectivity index (χ4n) is 4.51. The lowest BCUT2D eigenvalue weighted by atomic mass is 9.74. The molecule has 2 heteroatoms. The van der Waals surface area contributed by atoms with Crippen molar-refractivity contribution >= 4 is 0 Å². The average molecular weight is 274 g/mol. The zero-order valence-corrected chi connectivity index (χ0v) is 13.5. The molecule has 1 saturated carbocycles. The highest BCUT2D eigenvalue weighted by Gasteiger charge is 2.35. The monoisotopic (exact) mass is 274 g/mol. The van der Waals surface area contributed by atoms with Crippen molar-refractivity contribution in [3.05, 3.63) is 23.5 Å². The van der Waals surface area contributed by atoms with Gasteiger partial charge in [-0.15, -0.1) is 0 Å². The van der Waals surface area contributed by atoms with Crippen molar-refractivity contribution in [2.75, 3.05) is 0 Å². The van der Waals surface area contributed by atoms with Crippen LogP contribution in [0.4, 0.5) is 0 Å². The van der Waals surface area contributed by atoms with Gasteiger partial charge in [0, 0.05) is 24.0 Å². The first-order valence-electron chi connectivity index (χ1n) is 8.34. The van der Waals surface area contributed by atoms with Crippen molar-refractivity contribution < 1.29 is 0 Å². The first kappa shape index (κ1) is 14.2. The Kier molecular flexibility index (Phi) is 3.48. The molecule has 2 N–H and O–H groups in total. The van der Waals surface area contributed by atoms with Crippen LogP contribution in [0.1, 0.15) is 76.7 Å². The van der Waals surface area contributed by atoms with Crippen molar-refractivity contribution in [1.29, 1.82) is 0 Å². The summed E-state index contributed by atoms with van der Waals surface area (Å²) in [5, 5.41) is 0. The smallest absolute Gasteiger partial charge is 0.0361 e. The molecule has 0 spiro atoms. The van der Waals surface area contributed by atoms with Gasteiger partial charge in [0.15, 0.2) is 0 Å². The van der Waals surface area contributed by atoms with Crippen LogP contribution in [0.2, 0.25) is 0 Å². The number of fused-ring (bicyclic) bond motifs is 1. The third-order valence-corrected chi connectivity index (χ3v) is 5.90. The minimum Gasteiger partial charge on any atom is -0.348 e. The molecule has 1 heterocycles. The van der Waals surface area contributed by atoms with Gasteiger partial charge in [-0.05, 0) is 48.1 Å². The van der Waals surface area contributed by atoms with Gasteiger partial charge >= 0.3 is 0 Å². The molecule has 4 unspecified atom stereocenters. The zero-order valence-electron chi connectivity index (χ0n) is 13.5. The van der Waals surface area contributed by atoms with Crippen molar-refractivity contribution in [2.45, 2.75) is 71.9 Å². The molecule has 0 amide bonds. The molecule has 4 atom stereocenters. The second-order valence-corrected chi connectivity index (χ2v) is 8.11. The molecule has 0 saturated heterocycles. The molecule has 0 aliphatic heterocycles. The third-order valence-electron chi connectivity index (χ3n) is 5.90. The van der Waals surface area contributed by atoms with Gasteiger partial charge < -0.3 is 10.3 Å². The van der Waals surface area contributed by atoms with Crippen LogP contribution in [0.3, 0.4) is 0 Å². The topological polar surface area (TPSA) is 30.9 Å². The first-order chi connectivity index (χ1) is 9.39. The van der Waals surface area contributed by atoms with Crippen molar-refractivity contribution in [1.82, 2.24) is 4.57 Å². The summed E-state index contributed by atoms with van der Waals surface area (Å²) in [4.78, 5) is 0. The Labute approximate surface area is 123 Å². The number of aromatic nitrogens is 1. The average Bonchev–Trinajstić information content (AvgIpc) is 2.75. The Morgan fingerprint density at radius 2 is 2.00 bits per heavy atom. The molecule has 3 rings (SSSR count). The summed E-state index contributed by atoms with van der Waals surface area (Å²) in [5.41, 5.74) is 9.69. The van der Waals surface area contributed by atoms with Crippen LogP contribution in [-0.2, 0) is 6.42 Å². The summed E-state index contributed by atoms with van der Waals surface area (Å²) in [5.74, 6) is 1.62. The summed E-state index contributed by atoms with van der Waals surface area (Å²) in [6.07, 6.45) is 8.72. The van der Waals surface area contributed by atoms with E-state index in [1.807, 2.05) is 0 Å². The summed E-state index contributed by atoms with van der Waals surface area (Å²) < 4.78 is 2.59. The van der Waals surface area contributed by atoms with Crippen molar-refractivity contribution in [2.24, 2.45) is 23.0 Å². The van der Waals surface area contributed by atoms with Gasteiger partial charge in [0.05, 0.1) is 0 Å². The fraction of sp³-hybridized carbons (Fsp3) is 0.778. The maximum Gasteiger partial charge on any atom is 0.0361 e. The molecular weight excluding hydrogens is 244 g/mol. The van der Waals surface area contributed by atoms with Crippen LogP contribution in [0.15, 0.2) is 12.3 Å². The zero-order chi connectivity index (χ0) is 14.5. The van der Waals surface area contributed by atoms with Crippen molar-refractivity contribution in [3.8, 4) is 0 Å². The van der Waals surface area contributed by atoms with Gasteiger partial charge in [0.1, 0.15) is 0 Å². The molecule has 2 aliphatic carbocycles. The number of hydrogen-bond acceptors (Lipinski definition) is 1. The van der Waals surface area contributed by atoms with E-state index in [-0.39, 0.29) is 6.04 Å². The molecule has 112 valence electrons. The number of rotatable bonds is 1. The van der Waals surface area contributed by atoms with E-state index in [1.54, 1.807) is 0 Å². The molecular formula is C18H30N2. The highest BCUT2D eigenvalue weighted by Crippen LogP contribution is 2.44. The molecule has 1 aromatic heterocycles. The molecule has 0 bridgehead atoms. The van der Waals surface area contributed by atoms with E-state index in [2.05, 4.69) is 44.5 Å². The lowest BCUT2D eigenvalue weighted by Crippen LogP contribution is -2.33. The highest BCUT2D eigenvalue weighted by molar-refractivity contribution is 5.31. The minimum absolute atomic E-state index is 0.228. The molecule has 20 heavy (non-hydrogen) atoms. The van der Waals surface area contributed by atoms with E-state index in [4.69, 9.17) is 5.73 Å². The Balaban J connectivity index is 1.96. The summed E-state index contributed by atoms with van der Waals surface area (Å²) in [6.45, 7) is 9.58. The minimum atomic E-state index is 0.228. The second kappa shape index (κ2) is 4.91. The van der Waals surface area contributed by atoms with Crippen LogP contribution < -0.4 is 5.73 Å². The van der Waals surface area contributed by atoms with Gasteiger partial charge in [0.2, 0.25) is 0 Å². The lowest BCUT2D eigenvalue weighted by molar-refractivity contribution is 0.177. The van der Waals surface area contributed by atoms with E-state index < -0.39 is 0 Å². The predicted molar refractivity (Wildman–Crippen MR) is 84.7 cm³/mol. The Morgan fingerprint density at radius 1 is 1.25 bits per heavy atom. The van der Waals surface area contributed by atoms with Crippen LogP contribution in [0, 0.1) is 17.3 Å². The van der Waals surface area contributed by atoms with E-state index in [0.29, 0.717) is 11.5 Å². The maximum atomic E-state index is 6.41. The summed E-state index contributed by atoms with van der Waals surface area (Å²) in [7, 11) is 0. The number of nitrogens with two attached hydrogens (primary N) is 1. The Hall–Kier alpha value is -0.760. The summed E-state index contributed by atoms with van der Waals surface area (Å²) in [6, 6.07) is 3.20. The van der Waals surface area contributed by atoms with Gasteiger partial charge in [-0.2, -0.15) is 0 Å². The van der Waals surface area contributed by atoms with Gasteiger partial charge in [0.25, 0.3) is 0 Å². The molecule has 0 aromatic carbocycles. The quantitative estimate of drug-likeness (QED) is 0.805. The molecule has 0 radical (unpaired) electrons. The summed E-state index contributed by atoms with van der Waals surface area (Å²) >= 11 is 0. The van der Waals surface area contributed by atoms with Crippen molar-refractivity contribution in [3.63, 3.8) is 0 Å². The fourth-order valence-corrected chi connectivity index (χ4v) is 4.51. The normalized spacial score (nSPS) is 36.6. The van der Waals surface area contributed by atoms with Crippen LogP contribution in [0.25, 0.3) is 0 Å². The first-order valence-corrected chi connectivity index (χ1v) is 8.34. The number of hydrogen-bond donors (Lipinski definition) is 1. The van der Waals surface area contributed by atoms with Crippen LogP contribution >= 0.6 is 0 Å². The number of nitrogens with zero attached hydrogens (tertiary/aromatic N) is 1. The van der Waals surface area contributed by atoms with Gasteiger partial charge in [-0.3, -0.25) is 0 Å². The van der Waals surface area contributed by atoms with Gasteiger partial charge in [-0.25, -0.2) is 0 Å². The van der Waals surface area contributed by atoms with Crippen LogP contribution in [0.5, 0.6) is 0 Å². The molecule has 2 aliphatic rings. The van der Waals surface area contributed by atoms with Crippen LogP contribution in [-0.4, -0.2) is 4.57 Å². The largest absolute Gasteiger partial charge is 0.348 e. The van der Waals surface area contributed by atoms with E-state index in [0.717, 1.165) is 18.3 Å². The Bertz CT molecular complexity index is 486. The molecule has 2 nitrogen and oxygen atoms in total. The van der Waals surface area contributed by atoms with E-state index in [9.17, 15) is 0 Å². The molecule has 1 aromatic rings. The third kappa shape index (κ3) is 2.32. The Morgan fingerprint density at radius 3 is 2.75 bits per heavy atom. The SMILES string of the molecule is CC1CCCC(n2ccc3c2CC(C)(C)CC3N)C1C. The van der Waals surface area contributed by atoms with E-state index in [1.165, 1.54) is 36.9 Å². The highest BCUT2D eigenvalue weighted by atomic mass is 15.0. The van der Waals surface area contributed by atoms with Gasteiger partial charge in [-0.1, -0.05) is 40.5 Å². The van der Waals surface area contributed by atoms with E-state index >= 15 is 0 Å². The predicted octanol–water partition coefficient (Wildman–Crippen LogP) is 4.46. The standard InChI is InChI=1S/C18H30N2/c1-12-6-5-7-16(13(12)2)20-9-8-14-15(19)10-18(3,4)11-17(14)20/h8-9,12-13,15-16H,5-7,10-11,19H2,1-4H3. The lowest BCUT2D eigenvalue weighted by Gasteiger charge is -2.39.